The maximum atomic E-state index is 12.1. The third-order valence-corrected chi connectivity index (χ3v) is 5.99. The number of benzene rings is 1. The van der Waals surface area contributed by atoms with Crippen molar-refractivity contribution >= 4 is 23.5 Å². The number of hydrogen-bond donors (Lipinski definition) is 2. The van der Waals surface area contributed by atoms with Gasteiger partial charge in [0, 0.05) is 24.6 Å². The van der Waals surface area contributed by atoms with Crippen molar-refractivity contribution in [2.75, 3.05) is 7.05 Å². The fourth-order valence-corrected chi connectivity index (χ4v) is 4.07. The molecule has 144 valence electrons. The quantitative estimate of drug-likeness (QED) is 0.678. The number of fused-ring (bicyclic) bond motifs is 2. The summed E-state index contributed by atoms with van der Waals surface area (Å²) in [5.74, 6) is 2.16. The van der Waals surface area contributed by atoms with Crippen LogP contribution in [0.15, 0.2) is 22.7 Å². The summed E-state index contributed by atoms with van der Waals surface area (Å²) >= 11 is 0. The van der Waals surface area contributed by atoms with Gasteiger partial charge in [0.1, 0.15) is 11.5 Å². The van der Waals surface area contributed by atoms with Crippen LogP contribution in [-0.2, 0) is 17.6 Å². The van der Waals surface area contributed by atoms with Gasteiger partial charge in [0.2, 0.25) is 6.41 Å². The van der Waals surface area contributed by atoms with Gasteiger partial charge >= 0.3 is 6.03 Å². The first kappa shape index (κ1) is 17.0. The lowest BCUT2D eigenvalue weighted by molar-refractivity contribution is -0.108. The molecule has 8 nitrogen and oxygen atoms in total. The second kappa shape index (κ2) is 5.92. The molecule has 0 spiro atoms. The fourth-order valence-electron chi connectivity index (χ4n) is 4.07. The van der Waals surface area contributed by atoms with Crippen LogP contribution in [0.5, 0.6) is 0 Å². The standard InChI is InChI=1S/C20H21N5O3/c1-20(25(2)19(27)21-10-26)8-12-5-14-15(6-13(12)9-20)23-18(22-14)16-7-17(28-24-16)11-3-4-11/h5-7,10-11H,3-4,8-9H2,1-2H3,(H,22,23)(H,21,26,27). The molecule has 1 aromatic carbocycles. The first-order valence-electron chi connectivity index (χ1n) is 9.43. The average molecular weight is 379 g/mol. The van der Waals surface area contributed by atoms with Crippen LogP contribution in [0.3, 0.4) is 0 Å². The van der Waals surface area contributed by atoms with E-state index in [9.17, 15) is 9.59 Å². The number of amides is 3. The Morgan fingerprint density at radius 2 is 2.07 bits per heavy atom. The monoisotopic (exact) mass is 379 g/mol. The number of imide groups is 1. The fraction of sp³-hybridized carbons (Fsp3) is 0.400. The van der Waals surface area contributed by atoms with Crippen molar-refractivity contribution in [1.29, 1.82) is 0 Å². The van der Waals surface area contributed by atoms with Gasteiger partial charge in [-0.15, -0.1) is 0 Å². The first-order valence-corrected chi connectivity index (χ1v) is 9.43. The number of imidazole rings is 1. The lowest BCUT2D eigenvalue weighted by Gasteiger charge is -2.34. The van der Waals surface area contributed by atoms with Crippen molar-refractivity contribution in [3.8, 4) is 11.5 Å². The Morgan fingerprint density at radius 1 is 1.32 bits per heavy atom. The van der Waals surface area contributed by atoms with E-state index in [4.69, 9.17) is 9.51 Å². The van der Waals surface area contributed by atoms with Crippen LogP contribution < -0.4 is 5.32 Å². The largest absolute Gasteiger partial charge is 0.360 e. The van der Waals surface area contributed by atoms with Crippen molar-refractivity contribution in [3.05, 3.63) is 35.1 Å². The number of hydrogen-bond acceptors (Lipinski definition) is 5. The van der Waals surface area contributed by atoms with Crippen LogP contribution in [0.25, 0.3) is 22.6 Å². The lowest BCUT2D eigenvalue weighted by Crippen LogP contribution is -2.51. The number of nitrogens with one attached hydrogen (secondary N) is 2. The smallest absolute Gasteiger partial charge is 0.324 e. The van der Waals surface area contributed by atoms with Gasteiger partial charge in [-0.1, -0.05) is 5.16 Å². The van der Waals surface area contributed by atoms with Crippen molar-refractivity contribution < 1.29 is 14.1 Å². The molecule has 0 aliphatic heterocycles. The topological polar surface area (TPSA) is 104 Å². The molecule has 3 amide bonds. The average Bonchev–Trinajstić information content (AvgIpc) is 3.11. The zero-order valence-electron chi connectivity index (χ0n) is 15.8. The lowest BCUT2D eigenvalue weighted by atomic mass is 9.97. The SMILES string of the molecule is CN(C(=O)NC=O)C1(C)Cc2cc3nc(-c4cc(C5CC5)on4)[nH]c3cc2C1. The van der Waals surface area contributed by atoms with Crippen LogP contribution >= 0.6 is 0 Å². The van der Waals surface area contributed by atoms with Crippen molar-refractivity contribution in [3.63, 3.8) is 0 Å². The number of H-pyrrole nitrogens is 1. The third-order valence-electron chi connectivity index (χ3n) is 5.99. The highest BCUT2D eigenvalue weighted by Gasteiger charge is 2.39. The third kappa shape index (κ3) is 2.67. The Kier molecular flexibility index (Phi) is 3.59. The molecule has 5 rings (SSSR count). The Hall–Kier alpha value is -3.16. The number of carbonyl (C=O) groups is 2. The number of urea groups is 1. The van der Waals surface area contributed by atoms with Gasteiger partial charge in [-0.05, 0) is 55.9 Å². The predicted octanol–water partition coefficient (Wildman–Crippen LogP) is 2.75. The minimum Gasteiger partial charge on any atom is -0.360 e. The zero-order valence-corrected chi connectivity index (χ0v) is 15.8. The van der Waals surface area contributed by atoms with E-state index in [0.29, 0.717) is 31.0 Å². The molecule has 0 saturated heterocycles. The summed E-state index contributed by atoms with van der Waals surface area (Å²) in [6.45, 7) is 2.03. The Balaban J connectivity index is 1.43. The molecule has 1 unspecified atom stereocenters. The van der Waals surface area contributed by atoms with Gasteiger partial charge in [-0.2, -0.15) is 0 Å². The second-order valence-electron chi connectivity index (χ2n) is 8.09. The second-order valence-corrected chi connectivity index (χ2v) is 8.09. The normalized spacial score (nSPS) is 17.5. The molecular weight excluding hydrogens is 358 g/mol. The molecule has 28 heavy (non-hydrogen) atoms. The Morgan fingerprint density at radius 3 is 2.79 bits per heavy atom. The van der Waals surface area contributed by atoms with Gasteiger partial charge in [0.25, 0.3) is 0 Å². The molecule has 2 heterocycles. The first-order chi connectivity index (χ1) is 13.5. The highest BCUT2D eigenvalue weighted by molar-refractivity contribution is 5.85. The minimum absolute atomic E-state index is 0.387. The van der Waals surface area contributed by atoms with E-state index in [1.165, 1.54) is 18.4 Å². The Labute approximate surface area is 161 Å². The molecule has 1 atom stereocenters. The highest BCUT2D eigenvalue weighted by atomic mass is 16.5. The number of rotatable bonds is 4. The van der Waals surface area contributed by atoms with Crippen LogP contribution in [-0.4, -0.2) is 45.1 Å². The summed E-state index contributed by atoms with van der Waals surface area (Å²) in [6.07, 6.45) is 4.17. The predicted molar refractivity (Wildman–Crippen MR) is 102 cm³/mol. The van der Waals surface area contributed by atoms with E-state index < -0.39 is 6.03 Å². The van der Waals surface area contributed by atoms with E-state index in [0.717, 1.165) is 28.1 Å². The van der Waals surface area contributed by atoms with Gasteiger partial charge in [0.05, 0.1) is 11.0 Å². The summed E-state index contributed by atoms with van der Waals surface area (Å²) in [6, 6.07) is 5.75. The van der Waals surface area contributed by atoms with Gasteiger partial charge in [0.15, 0.2) is 5.82 Å². The van der Waals surface area contributed by atoms with Gasteiger partial charge in [-0.25, -0.2) is 9.78 Å². The molecule has 2 aliphatic carbocycles. The van der Waals surface area contributed by atoms with E-state index in [1.54, 1.807) is 11.9 Å². The van der Waals surface area contributed by atoms with Gasteiger partial charge < -0.3 is 14.4 Å². The molecule has 2 aliphatic rings. The highest BCUT2D eigenvalue weighted by Crippen LogP contribution is 2.41. The van der Waals surface area contributed by atoms with Crippen LogP contribution in [0.1, 0.15) is 42.6 Å². The molecule has 0 radical (unpaired) electrons. The molecular formula is C20H21N5O3. The van der Waals surface area contributed by atoms with E-state index in [-0.39, 0.29) is 5.54 Å². The van der Waals surface area contributed by atoms with Crippen molar-refractivity contribution in [2.45, 2.75) is 44.1 Å². The zero-order chi connectivity index (χ0) is 19.5. The summed E-state index contributed by atoms with van der Waals surface area (Å²) in [7, 11) is 1.72. The van der Waals surface area contributed by atoms with Crippen molar-refractivity contribution in [1.82, 2.24) is 25.3 Å². The molecule has 1 saturated carbocycles. The Bertz CT molecular complexity index is 1050. The van der Waals surface area contributed by atoms with Crippen LogP contribution in [0, 0.1) is 0 Å². The maximum absolute atomic E-state index is 12.1. The number of aromatic nitrogens is 3. The number of likely N-dealkylation sites (N-methyl/N-ethyl adjacent to an activating group) is 1. The van der Waals surface area contributed by atoms with E-state index in [1.807, 2.05) is 13.0 Å². The summed E-state index contributed by atoms with van der Waals surface area (Å²) < 4.78 is 5.44. The molecule has 1 fully saturated rings. The van der Waals surface area contributed by atoms with Crippen LogP contribution in [0.4, 0.5) is 4.79 Å². The molecule has 3 aromatic rings. The molecule has 2 N–H and O–H groups in total. The number of carbonyl (C=O) groups excluding carboxylic acids is 2. The minimum atomic E-state index is -0.395. The number of nitrogens with zero attached hydrogens (tertiary/aromatic N) is 3. The summed E-state index contributed by atoms with van der Waals surface area (Å²) in [4.78, 5) is 32.3. The number of aromatic amines is 1. The van der Waals surface area contributed by atoms with Crippen molar-refractivity contribution in [2.24, 2.45) is 0 Å². The molecule has 2 aromatic heterocycles. The van der Waals surface area contributed by atoms with Crippen LogP contribution in [0.2, 0.25) is 0 Å². The summed E-state index contributed by atoms with van der Waals surface area (Å²) in [5, 5.41) is 6.37. The van der Waals surface area contributed by atoms with E-state index in [2.05, 4.69) is 27.6 Å². The maximum Gasteiger partial charge on any atom is 0.324 e. The van der Waals surface area contributed by atoms with Gasteiger partial charge in [-0.3, -0.25) is 10.1 Å². The summed E-state index contributed by atoms with van der Waals surface area (Å²) in [5.41, 5.74) is 4.49. The molecule has 0 bridgehead atoms. The van der Waals surface area contributed by atoms with E-state index >= 15 is 0 Å². The molecule has 8 heteroatoms.